The zero-order chi connectivity index (χ0) is 13.8. The number of carboxylic acids is 1. The predicted molar refractivity (Wildman–Crippen MR) is 70.7 cm³/mol. The van der Waals surface area contributed by atoms with E-state index >= 15 is 0 Å². The maximum absolute atomic E-state index is 10.7. The van der Waals surface area contributed by atoms with Gasteiger partial charge in [-0.2, -0.15) is 4.98 Å². The van der Waals surface area contributed by atoms with E-state index in [2.05, 4.69) is 14.9 Å². The third-order valence-corrected chi connectivity index (χ3v) is 2.88. The van der Waals surface area contributed by atoms with Gasteiger partial charge in [-0.1, -0.05) is 0 Å². The van der Waals surface area contributed by atoms with Crippen LogP contribution in [-0.4, -0.2) is 60.9 Å². The molecule has 19 heavy (non-hydrogen) atoms. The highest BCUT2D eigenvalue weighted by atomic mass is 16.5. The average molecular weight is 266 g/mol. The molecule has 1 N–H and O–H groups in total. The highest BCUT2D eigenvalue weighted by molar-refractivity contribution is 5.72. The molecule has 1 fully saturated rings. The summed E-state index contributed by atoms with van der Waals surface area (Å²) >= 11 is 0. The number of rotatable bonds is 4. The molecule has 0 atom stereocenters. The van der Waals surface area contributed by atoms with Crippen LogP contribution in [0, 0.1) is 6.92 Å². The first-order valence-electron chi connectivity index (χ1n) is 6.17. The lowest BCUT2D eigenvalue weighted by Gasteiger charge is -2.28. The normalized spacial score (nSPS) is 15.4. The van der Waals surface area contributed by atoms with Crippen molar-refractivity contribution >= 4 is 17.7 Å². The van der Waals surface area contributed by atoms with Gasteiger partial charge in [0.2, 0.25) is 5.95 Å². The fraction of sp³-hybridized carbons (Fsp3) is 0.583. The number of morpholine rings is 1. The summed E-state index contributed by atoms with van der Waals surface area (Å²) in [7, 11) is 1.67. The molecule has 1 aliphatic rings. The predicted octanol–water partition coefficient (Wildman–Crippen LogP) is 0.142. The molecule has 2 rings (SSSR count). The Kier molecular flexibility index (Phi) is 4.16. The highest BCUT2D eigenvalue weighted by Crippen LogP contribution is 2.17. The molecule has 1 aromatic heterocycles. The molecule has 0 amide bonds. The smallest absolute Gasteiger partial charge is 0.323 e. The van der Waals surface area contributed by atoms with Crippen LogP contribution in [0.3, 0.4) is 0 Å². The van der Waals surface area contributed by atoms with Crippen LogP contribution in [0.15, 0.2) is 6.07 Å². The summed E-state index contributed by atoms with van der Waals surface area (Å²) in [5, 5.41) is 8.81. The molecular formula is C12H18N4O3. The molecule has 0 aliphatic carbocycles. The Morgan fingerprint density at radius 2 is 2.16 bits per heavy atom. The molecular weight excluding hydrogens is 248 g/mol. The Balaban J connectivity index is 2.20. The van der Waals surface area contributed by atoms with Crippen LogP contribution in [-0.2, 0) is 9.53 Å². The lowest BCUT2D eigenvalue weighted by atomic mass is 10.3. The number of carbonyl (C=O) groups is 1. The molecule has 0 spiro atoms. The van der Waals surface area contributed by atoms with Gasteiger partial charge in [0, 0.05) is 31.9 Å². The first-order valence-corrected chi connectivity index (χ1v) is 6.17. The summed E-state index contributed by atoms with van der Waals surface area (Å²) in [5.74, 6) is 0.354. The average Bonchev–Trinajstić information content (AvgIpc) is 2.38. The first kappa shape index (κ1) is 13.5. The van der Waals surface area contributed by atoms with Crippen LogP contribution < -0.4 is 9.80 Å². The van der Waals surface area contributed by atoms with Gasteiger partial charge >= 0.3 is 5.97 Å². The molecule has 0 aromatic carbocycles. The summed E-state index contributed by atoms with van der Waals surface area (Å²) in [6, 6.07) is 1.91. The SMILES string of the molecule is Cc1cc(N2CCOCC2)nc(N(C)CC(=O)O)n1. The lowest BCUT2D eigenvalue weighted by molar-refractivity contribution is -0.135. The molecule has 2 heterocycles. The fourth-order valence-electron chi connectivity index (χ4n) is 1.94. The molecule has 0 radical (unpaired) electrons. The van der Waals surface area contributed by atoms with Gasteiger partial charge in [0.05, 0.1) is 13.2 Å². The second kappa shape index (κ2) is 5.83. The number of aliphatic carboxylic acids is 1. The van der Waals surface area contributed by atoms with Crippen LogP contribution in [0.2, 0.25) is 0 Å². The van der Waals surface area contributed by atoms with Crippen molar-refractivity contribution in [2.75, 3.05) is 49.7 Å². The Bertz CT molecular complexity index is 460. The maximum atomic E-state index is 10.7. The van der Waals surface area contributed by atoms with Crippen LogP contribution in [0.25, 0.3) is 0 Å². The van der Waals surface area contributed by atoms with Gasteiger partial charge < -0.3 is 19.6 Å². The van der Waals surface area contributed by atoms with E-state index in [1.807, 2.05) is 13.0 Å². The molecule has 7 nitrogen and oxygen atoms in total. The monoisotopic (exact) mass is 266 g/mol. The topological polar surface area (TPSA) is 78.8 Å². The van der Waals surface area contributed by atoms with Crippen molar-refractivity contribution in [3.63, 3.8) is 0 Å². The number of hydrogen-bond donors (Lipinski definition) is 1. The number of aromatic nitrogens is 2. The Labute approximate surface area is 111 Å². The first-order chi connectivity index (χ1) is 9.06. The molecule has 7 heteroatoms. The van der Waals surface area contributed by atoms with Gasteiger partial charge in [0.25, 0.3) is 0 Å². The number of hydrogen-bond acceptors (Lipinski definition) is 6. The van der Waals surface area contributed by atoms with Crippen molar-refractivity contribution in [1.82, 2.24) is 9.97 Å². The largest absolute Gasteiger partial charge is 0.480 e. The van der Waals surface area contributed by atoms with Crippen molar-refractivity contribution in [2.24, 2.45) is 0 Å². The minimum atomic E-state index is -0.902. The van der Waals surface area contributed by atoms with Crippen LogP contribution in [0.1, 0.15) is 5.69 Å². The number of carboxylic acid groups (broad SMARTS) is 1. The zero-order valence-corrected chi connectivity index (χ0v) is 11.2. The summed E-state index contributed by atoms with van der Waals surface area (Å²) in [6.07, 6.45) is 0. The van der Waals surface area contributed by atoms with E-state index in [0.29, 0.717) is 19.2 Å². The van der Waals surface area contributed by atoms with E-state index in [0.717, 1.165) is 24.6 Å². The van der Waals surface area contributed by atoms with E-state index in [9.17, 15) is 4.79 Å². The fourth-order valence-corrected chi connectivity index (χ4v) is 1.94. The Hall–Kier alpha value is -1.89. The number of ether oxygens (including phenoxy) is 1. The lowest BCUT2D eigenvalue weighted by Crippen LogP contribution is -2.37. The van der Waals surface area contributed by atoms with E-state index < -0.39 is 5.97 Å². The van der Waals surface area contributed by atoms with Crippen molar-refractivity contribution in [1.29, 1.82) is 0 Å². The van der Waals surface area contributed by atoms with E-state index in [-0.39, 0.29) is 6.54 Å². The van der Waals surface area contributed by atoms with Crippen molar-refractivity contribution < 1.29 is 14.6 Å². The quantitative estimate of drug-likeness (QED) is 0.830. The second-order valence-electron chi connectivity index (χ2n) is 4.52. The van der Waals surface area contributed by atoms with Gasteiger partial charge in [-0.25, -0.2) is 4.98 Å². The van der Waals surface area contributed by atoms with E-state index in [1.165, 1.54) is 4.90 Å². The van der Waals surface area contributed by atoms with E-state index in [4.69, 9.17) is 9.84 Å². The molecule has 1 aromatic rings. The summed E-state index contributed by atoms with van der Waals surface area (Å²) in [6.45, 7) is 4.71. The Morgan fingerprint density at radius 3 is 2.79 bits per heavy atom. The molecule has 1 saturated heterocycles. The third-order valence-electron chi connectivity index (χ3n) is 2.88. The van der Waals surface area contributed by atoms with Crippen LogP contribution >= 0.6 is 0 Å². The highest BCUT2D eigenvalue weighted by Gasteiger charge is 2.16. The number of likely N-dealkylation sites (N-methyl/N-ethyl adjacent to an activating group) is 1. The third kappa shape index (κ3) is 3.54. The Morgan fingerprint density at radius 1 is 1.47 bits per heavy atom. The molecule has 0 saturated carbocycles. The van der Waals surface area contributed by atoms with Crippen molar-refractivity contribution in [2.45, 2.75) is 6.92 Å². The summed E-state index contributed by atoms with van der Waals surface area (Å²) < 4.78 is 5.31. The minimum absolute atomic E-state index is 0.119. The summed E-state index contributed by atoms with van der Waals surface area (Å²) in [5.41, 5.74) is 0.823. The van der Waals surface area contributed by atoms with Crippen LogP contribution in [0.4, 0.5) is 11.8 Å². The van der Waals surface area contributed by atoms with Crippen molar-refractivity contribution in [3.8, 4) is 0 Å². The number of nitrogens with zero attached hydrogens (tertiary/aromatic N) is 4. The van der Waals surface area contributed by atoms with Gasteiger partial charge in [0.1, 0.15) is 12.4 Å². The molecule has 0 bridgehead atoms. The molecule has 0 unspecified atom stereocenters. The van der Waals surface area contributed by atoms with Gasteiger partial charge in [0.15, 0.2) is 0 Å². The maximum Gasteiger partial charge on any atom is 0.323 e. The van der Waals surface area contributed by atoms with Gasteiger partial charge in [-0.3, -0.25) is 4.79 Å². The van der Waals surface area contributed by atoms with E-state index in [1.54, 1.807) is 7.05 Å². The van der Waals surface area contributed by atoms with Gasteiger partial charge in [-0.05, 0) is 6.92 Å². The van der Waals surface area contributed by atoms with Crippen molar-refractivity contribution in [3.05, 3.63) is 11.8 Å². The molecule has 104 valence electrons. The number of aryl methyl sites for hydroxylation is 1. The zero-order valence-electron chi connectivity index (χ0n) is 11.2. The van der Waals surface area contributed by atoms with Gasteiger partial charge in [-0.15, -0.1) is 0 Å². The second-order valence-corrected chi connectivity index (χ2v) is 4.52. The van der Waals surface area contributed by atoms with Crippen LogP contribution in [0.5, 0.6) is 0 Å². The summed E-state index contributed by atoms with van der Waals surface area (Å²) in [4.78, 5) is 23.1. The number of anilines is 2. The molecule has 1 aliphatic heterocycles. The minimum Gasteiger partial charge on any atom is -0.480 e. The standard InChI is InChI=1S/C12H18N4O3/c1-9-7-10(16-3-5-19-6-4-16)14-12(13-9)15(2)8-11(17)18/h7H,3-6,8H2,1-2H3,(H,17,18).